The number of carbonyl (C=O) groups excluding carboxylic acids is 2. The van der Waals surface area contributed by atoms with E-state index < -0.39 is 6.04 Å². The van der Waals surface area contributed by atoms with Gasteiger partial charge in [-0.05, 0) is 67.6 Å². The standard InChI is InChI=1S/C24H31BrN2O3/c1-16(2)13-26-24(29)19(5)27(14-20-7-6-8-21(25)12-20)23(28)15-30-22-10-9-17(3)18(4)11-22/h6-12,16,19H,13-15H2,1-5H3,(H,26,29). The number of halogens is 1. The van der Waals surface area contributed by atoms with E-state index in [-0.39, 0.29) is 18.4 Å². The summed E-state index contributed by atoms with van der Waals surface area (Å²) in [5.41, 5.74) is 3.21. The molecule has 1 N–H and O–H groups in total. The highest BCUT2D eigenvalue weighted by molar-refractivity contribution is 9.10. The summed E-state index contributed by atoms with van der Waals surface area (Å²) in [6.45, 7) is 10.6. The van der Waals surface area contributed by atoms with Crippen LogP contribution in [0.3, 0.4) is 0 Å². The van der Waals surface area contributed by atoms with Gasteiger partial charge in [0.2, 0.25) is 5.91 Å². The lowest BCUT2D eigenvalue weighted by Gasteiger charge is -2.29. The van der Waals surface area contributed by atoms with Crippen LogP contribution in [0.25, 0.3) is 0 Å². The first kappa shape index (κ1) is 23.9. The molecule has 0 aliphatic carbocycles. The zero-order chi connectivity index (χ0) is 22.3. The summed E-state index contributed by atoms with van der Waals surface area (Å²) >= 11 is 3.46. The molecule has 0 bridgehead atoms. The highest BCUT2D eigenvalue weighted by Gasteiger charge is 2.26. The maximum atomic E-state index is 13.1. The minimum atomic E-state index is -0.612. The average Bonchev–Trinajstić information content (AvgIpc) is 2.70. The molecule has 6 heteroatoms. The molecule has 0 aliphatic heterocycles. The third-order valence-corrected chi connectivity index (χ3v) is 5.43. The smallest absolute Gasteiger partial charge is 0.261 e. The van der Waals surface area contributed by atoms with Crippen LogP contribution in [0.5, 0.6) is 5.75 Å². The van der Waals surface area contributed by atoms with E-state index in [4.69, 9.17) is 4.74 Å². The van der Waals surface area contributed by atoms with E-state index in [0.717, 1.165) is 15.6 Å². The molecule has 1 unspecified atom stereocenters. The Morgan fingerprint density at radius 3 is 2.43 bits per heavy atom. The van der Waals surface area contributed by atoms with Crippen molar-refractivity contribution in [2.45, 2.75) is 47.2 Å². The molecular formula is C24H31BrN2O3. The quantitative estimate of drug-likeness (QED) is 0.575. The molecule has 2 amide bonds. The number of nitrogens with one attached hydrogen (secondary N) is 1. The van der Waals surface area contributed by atoms with E-state index >= 15 is 0 Å². The van der Waals surface area contributed by atoms with Gasteiger partial charge in [0.25, 0.3) is 5.91 Å². The molecule has 2 rings (SSSR count). The van der Waals surface area contributed by atoms with Crippen molar-refractivity contribution in [3.8, 4) is 5.75 Å². The summed E-state index contributed by atoms with van der Waals surface area (Å²) < 4.78 is 6.67. The molecule has 0 radical (unpaired) electrons. The van der Waals surface area contributed by atoms with Gasteiger partial charge in [0.05, 0.1) is 0 Å². The van der Waals surface area contributed by atoms with E-state index in [0.29, 0.717) is 24.8 Å². The van der Waals surface area contributed by atoms with Crippen molar-refractivity contribution in [2.24, 2.45) is 5.92 Å². The van der Waals surface area contributed by atoms with Crippen molar-refractivity contribution in [3.63, 3.8) is 0 Å². The number of amides is 2. The summed E-state index contributed by atoms with van der Waals surface area (Å²) in [4.78, 5) is 27.3. The second-order valence-corrected chi connectivity index (χ2v) is 8.92. The molecule has 162 valence electrons. The van der Waals surface area contributed by atoms with Crippen molar-refractivity contribution in [1.82, 2.24) is 10.2 Å². The largest absolute Gasteiger partial charge is 0.484 e. The van der Waals surface area contributed by atoms with Crippen molar-refractivity contribution >= 4 is 27.7 Å². The van der Waals surface area contributed by atoms with Crippen molar-refractivity contribution in [1.29, 1.82) is 0 Å². The van der Waals surface area contributed by atoms with E-state index in [2.05, 4.69) is 21.2 Å². The van der Waals surface area contributed by atoms with Crippen LogP contribution in [-0.2, 0) is 16.1 Å². The molecule has 30 heavy (non-hydrogen) atoms. The van der Waals surface area contributed by atoms with Crippen molar-refractivity contribution in [2.75, 3.05) is 13.2 Å². The maximum Gasteiger partial charge on any atom is 0.261 e. The number of benzene rings is 2. The number of hydrogen-bond acceptors (Lipinski definition) is 3. The Morgan fingerprint density at radius 2 is 1.80 bits per heavy atom. The van der Waals surface area contributed by atoms with E-state index in [1.165, 1.54) is 5.56 Å². The SMILES string of the molecule is Cc1ccc(OCC(=O)N(Cc2cccc(Br)c2)C(C)C(=O)NCC(C)C)cc1C. The van der Waals surface area contributed by atoms with Gasteiger partial charge in [-0.25, -0.2) is 0 Å². The lowest BCUT2D eigenvalue weighted by atomic mass is 10.1. The van der Waals surface area contributed by atoms with Gasteiger partial charge in [-0.15, -0.1) is 0 Å². The molecule has 1 atom stereocenters. The lowest BCUT2D eigenvalue weighted by Crippen LogP contribution is -2.49. The summed E-state index contributed by atoms with van der Waals surface area (Å²) in [6, 6.07) is 12.9. The second kappa shape index (κ2) is 11.2. The molecule has 0 saturated heterocycles. The van der Waals surface area contributed by atoms with Crippen molar-refractivity contribution < 1.29 is 14.3 Å². The number of hydrogen-bond donors (Lipinski definition) is 1. The summed E-state index contributed by atoms with van der Waals surface area (Å²) in [6.07, 6.45) is 0. The molecule has 0 aliphatic rings. The molecule has 2 aromatic carbocycles. The van der Waals surface area contributed by atoms with Crippen LogP contribution in [-0.4, -0.2) is 35.9 Å². The topological polar surface area (TPSA) is 58.6 Å². The zero-order valence-electron chi connectivity index (χ0n) is 18.4. The third kappa shape index (κ3) is 7.17. The fourth-order valence-electron chi connectivity index (χ4n) is 2.90. The van der Waals surface area contributed by atoms with E-state index in [9.17, 15) is 9.59 Å². The third-order valence-electron chi connectivity index (χ3n) is 4.93. The zero-order valence-corrected chi connectivity index (χ0v) is 20.0. The fraction of sp³-hybridized carbons (Fsp3) is 0.417. The molecule has 0 saturated carbocycles. The Labute approximate surface area is 187 Å². The number of ether oxygens (including phenoxy) is 1. The van der Waals surface area contributed by atoms with Gasteiger partial charge >= 0.3 is 0 Å². The fourth-order valence-corrected chi connectivity index (χ4v) is 3.35. The number of rotatable bonds is 9. The molecular weight excluding hydrogens is 444 g/mol. The van der Waals surface area contributed by atoms with Crippen LogP contribution in [0.2, 0.25) is 0 Å². The van der Waals surface area contributed by atoms with Gasteiger partial charge < -0.3 is 15.0 Å². The van der Waals surface area contributed by atoms with Crippen LogP contribution in [0.4, 0.5) is 0 Å². The molecule has 0 aromatic heterocycles. The Bertz CT molecular complexity index is 883. The summed E-state index contributed by atoms with van der Waals surface area (Å²) in [5, 5.41) is 2.92. The first-order valence-corrected chi connectivity index (χ1v) is 11.0. The van der Waals surface area contributed by atoms with Crippen molar-refractivity contribution in [3.05, 3.63) is 63.6 Å². The average molecular weight is 475 g/mol. The summed E-state index contributed by atoms with van der Waals surface area (Å²) in [5.74, 6) is 0.577. The van der Waals surface area contributed by atoms with Gasteiger partial charge in [-0.3, -0.25) is 9.59 Å². The molecule has 0 heterocycles. The predicted octanol–water partition coefficient (Wildman–Crippen LogP) is 4.63. The van der Waals surface area contributed by atoms with Gasteiger partial charge in [-0.1, -0.05) is 48.0 Å². The van der Waals surface area contributed by atoms with Gasteiger partial charge in [0.1, 0.15) is 11.8 Å². The Balaban J connectivity index is 2.14. The van der Waals surface area contributed by atoms with E-state index in [1.807, 2.05) is 70.2 Å². The Morgan fingerprint density at radius 1 is 1.07 bits per heavy atom. The Hall–Kier alpha value is -2.34. The minimum Gasteiger partial charge on any atom is -0.484 e. The molecule has 2 aromatic rings. The predicted molar refractivity (Wildman–Crippen MR) is 123 cm³/mol. The monoisotopic (exact) mass is 474 g/mol. The molecule has 5 nitrogen and oxygen atoms in total. The minimum absolute atomic E-state index is 0.127. The second-order valence-electron chi connectivity index (χ2n) is 8.00. The Kier molecular flexibility index (Phi) is 8.90. The molecule has 0 spiro atoms. The lowest BCUT2D eigenvalue weighted by molar-refractivity contribution is -0.142. The van der Waals surface area contributed by atoms with E-state index in [1.54, 1.807) is 11.8 Å². The number of aryl methyl sites for hydroxylation is 2. The molecule has 0 fully saturated rings. The van der Waals surface area contributed by atoms with Crippen LogP contribution >= 0.6 is 15.9 Å². The first-order chi connectivity index (χ1) is 14.2. The number of nitrogens with zero attached hydrogens (tertiary/aromatic N) is 1. The van der Waals surface area contributed by atoms with Gasteiger partial charge in [0.15, 0.2) is 6.61 Å². The van der Waals surface area contributed by atoms with Crippen LogP contribution in [0.15, 0.2) is 46.9 Å². The first-order valence-electron chi connectivity index (χ1n) is 10.2. The maximum absolute atomic E-state index is 13.1. The van der Waals surface area contributed by atoms with Crippen LogP contribution in [0.1, 0.15) is 37.5 Å². The highest BCUT2D eigenvalue weighted by Crippen LogP contribution is 2.18. The van der Waals surface area contributed by atoms with Gasteiger partial charge in [-0.2, -0.15) is 0 Å². The van der Waals surface area contributed by atoms with Crippen LogP contribution in [0, 0.1) is 19.8 Å². The normalized spacial score (nSPS) is 11.8. The number of carbonyl (C=O) groups is 2. The highest BCUT2D eigenvalue weighted by atomic mass is 79.9. The summed E-state index contributed by atoms with van der Waals surface area (Å²) in [7, 11) is 0. The van der Waals surface area contributed by atoms with Gasteiger partial charge in [0, 0.05) is 17.6 Å². The van der Waals surface area contributed by atoms with Crippen LogP contribution < -0.4 is 10.1 Å².